The molecular formula is C34H34FN3O2S. The maximum atomic E-state index is 14.5. The number of benzene rings is 2. The lowest BCUT2D eigenvalue weighted by Crippen LogP contribution is -2.28. The van der Waals surface area contributed by atoms with Gasteiger partial charge in [-0.2, -0.15) is 0 Å². The predicted octanol–water partition coefficient (Wildman–Crippen LogP) is 8.31. The van der Waals surface area contributed by atoms with Crippen molar-refractivity contribution in [3.8, 4) is 0 Å². The van der Waals surface area contributed by atoms with Crippen LogP contribution in [-0.4, -0.2) is 16.7 Å². The first-order valence-corrected chi connectivity index (χ1v) is 14.9. The fourth-order valence-corrected chi connectivity index (χ4v) is 7.02. The minimum atomic E-state index is -0.219. The monoisotopic (exact) mass is 567 g/mol. The maximum Gasteiger partial charge on any atom is 0.255 e. The first kappa shape index (κ1) is 27.2. The Hall–Kier alpha value is -3.97. The predicted molar refractivity (Wildman–Crippen MR) is 164 cm³/mol. The molecule has 0 saturated carbocycles. The number of rotatable bonds is 7. The van der Waals surface area contributed by atoms with E-state index < -0.39 is 0 Å². The summed E-state index contributed by atoms with van der Waals surface area (Å²) in [5.41, 5.74) is 4.57. The van der Waals surface area contributed by atoms with Crippen molar-refractivity contribution < 1.29 is 13.6 Å². The van der Waals surface area contributed by atoms with E-state index in [-0.39, 0.29) is 17.1 Å². The topological polar surface area (TPSA) is 59.5 Å². The average molecular weight is 568 g/mol. The molecule has 1 amide bonds. The third kappa shape index (κ3) is 5.64. The van der Waals surface area contributed by atoms with Crippen molar-refractivity contribution in [1.29, 1.82) is 0 Å². The van der Waals surface area contributed by atoms with Gasteiger partial charge in [0.05, 0.1) is 24.9 Å². The summed E-state index contributed by atoms with van der Waals surface area (Å²) in [7, 11) is 0. The lowest BCUT2D eigenvalue weighted by atomic mass is 9.72. The van der Waals surface area contributed by atoms with Crippen LogP contribution in [0.3, 0.4) is 0 Å². The summed E-state index contributed by atoms with van der Waals surface area (Å²) >= 11 is 1.63. The van der Waals surface area contributed by atoms with Crippen molar-refractivity contribution in [1.82, 2.24) is 9.88 Å². The van der Waals surface area contributed by atoms with Gasteiger partial charge in [-0.15, -0.1) is 11.3 Å². The molecule has 1 aliphatic rings. The van der Waals surface area contributed by atoms with Crippen molar-refractivity contribution in [3.05, 3.63) is 112 Å². The highest BCUT2D eigenvalue weighted by molar-refractivity contribution is 7.16. The molecule has 0 fully saturated rings. The molecule has 0 spiro atoms. The van der Waals surface area contributed by atoms with Gasteiger partial charge in [0.1, 0.15) is 16.6 Å². The van der Waals surface area contributed by atoms with Crippen LogP contribution < -0.4 is 5.32 Å². The molecule has 0 radical (unpaired) electrons. The average Bonchev–Trinajstić information content (AvgIpc) is 3.69. The molecule has 7 heteroatoms. The highest BCUT2D eigenvalue weighted by Gasteiger charge is 2.33. The molecule has 3 aromatic heterocycles. The summed E-state index contributed by atoms with van der Waals surface area (Å²) < 4.78 is 21.9. The van der Waals surface area contributed by atoms with Gasteiger partial charge in [0.25, 0.3) is 5.91 Å². The van der Waals surface area contributed by atoms with Gasteiger partial charge in [-0.25, -0.2) is 9.38 Å². The van der Waals surface area contributed by atoms with Crippen LogP contribution in [0, 0.1) is 17.2 Å². The van der Waals surface area contributed by atoms with Crippen LogP contribution in [0.25, 0.3) is 10.9 Å². The van der Waals surface area contributed by atoms with Crippen LogP contribution in [-0.2, 0) is 25.9 Å². The number of hydrogen-bond donors (Lipinski definition) is 1. The van der Waals surface area contributed by atoms with E-state index >= 15 is 0 Å². The standard InChI is InChI=1S/C34H34FN3O2S/c1-34(2,3)24-14-15-27-30(17-24)41-33(31(27)32(39)36-19-25-10-8-16-40-25)37-18-23-21-38(29-13-7-5-11-26(23)29)20-22-9-4-6-12-28(22)35/h4-13,16,18,21,24H,14-15,17,19-20H2,1-3H3,(H,36,39)/t24-/m0/s1. The zero-order valence-electron chi connectivity index (χ0n) is 23.6. The van der Waals surface area contributed by atoms with Crippen molar-refractivity contribution in [2.45, 2.75) is 53.1 Å². The van der Waals surface area contributed by atoms with Gasteiger partial charge in [-0.1, -0.05) is 57.2 Å². The second-order valence-corrected chi connectivity index (χ2v) is 12.9. The Morgan fingerprint density at radius 3 is 2.73 bits per heavy atom. The molecule has 210 valence electrons. The fourth-order valence-electron chi connectivity index (χ4n) is 5.75. The molecule has 1 atom stereocenters. The van der Waals surface area contributed by atoms with E-state index in [1.54, 1.807) is 23.7 Å². The molecule has 5 nitrogen and oxygen atoms in total. The first-order chi connectivity index (χ1) is 19.8. The summed E-state index contributed by atoms with van der Waals surface area (Å²) in [6, 6.07) is 18.6. The van der Waals surface area contributed by atoms with Crippen LogP contribution >= 0.6 is 11.3 Å². The minimum absolute atomic E-state index is 0.123. The van der Waals surface area contributed by atoms with Crippen molar-refractivity contribution >= 4 is 39.4 Å². The number of halogens is 1. The normalized spacial score (nSPS) is 15.5. The molecule has 3 heterocycles. The summed E-state index contributed by atoms with van der Waals surface area (Å²) in [6.45, 7) is 7.63. The molecule has 6 rings (SSSR count). The van der Waals surface area contributed by atoms with Crippen molar-refractivity contribution in [2.24, 2.45) is 16.3 Å². The Balaban J connectivity index is 1.35. The van der Waals surface area contributed by atoms with Crippen LogP contribution in [0.4, 0.5) is 9.39 Å². The van der Waals surface area contributed by atoms with Gasteiger partial charge < -0.3 is 14.3 Å². The number of fused-ring (bicyclic) bond motifs is 2. The number of para-hydroxylation sites is 1. The lowest BCUT2D eigenvalue weighted by molar-refractivity contribution is 0.0947. The van der Waals surface area contributed by atoms with Crippen molar-refractivity contribution in [3.63, 3.8) is 0 Å². The smallest absolute Gasteiger partial charge is 0.255 e. The Bertz CT molecular complexity index is 1720. The van der Waals surface area contributed by atoms with E-state index in [9.17, 15) is 9.18 Å². The number of aromatic nitrogens is 1. The second-order valence-electron chi connectivity index (χ2n) is 11.8. The second kappa shape index (κ2) is 11.1. The van der Waals surface area contributed by atoms with E-state index in [4.69, 9.17) is 9.41 Å². The molecule has 2 aromatic carbocycles. The number of aliphatic imine (C=N–C) groups is 1. The van der Waals surface area contributed by atoms with E-state index in [0.29, 0.717) is 35.9 Å². The number of hydrogen-bond acceptors (Lipinski definition) is 4. The van der Waals surface area contributed by atoms with E-state index in [0.717, 1.165) is 46.3 Å². The SMILES string of the molecule is CC(C)(C)[C@H]1CCc2c(sc(N=Cc3cn(Cc4ccccc4F)c4ccccc34)c2C(=O)NCc2ccco2)C1. The van der Waals surface area contributed by atoms with Crippen LogP contribution in [0.1, 0.15) is 64.9 Å². The number of amides is 1. The van der Waals surface area contributed by atoms with Crippen LogP contribution in [0.5, 0.6) is 0 Å². The summed E-state index contributed by atoms with van der Waals surface area (Å²) in [4.78, 5) is 19.8. The van der Waals surface area contributed by atoms with Gasteiger partial charge in [-0.05, 0) is 60.4 Å². The Kier molecular flexibility index (Phi) is 7.39. The summed E-state index contributed by atoms with van der Waals surface area (Å²) in [5.74, 6) is 0.925. The zero-order valence-corrected chi connectivity index (χ0v) is 24.4. The molecule has 0 bridgehead atoms. The van der Waals surface area contributed by atoms with E-state index in [1.807, 2.05) is 54.9 Å². The minimum Gasteiger partial charge on any atom is -0.467 e. The third-order valence-electron chi connectivity index (χ3n) is 8.14. The maximum absolute atomic E-state index is 14.5. The fraction of sp³-hybridized carbons (Fsp3) is 0.294. The molecule has 1 N–H and O–H groups in total. The van der Waals surface area contributed by atoms with Gasteiger partial charge in [0, 0.05) is 39.3 Å². The van der Waals surface area contributed by atoms with Gasteiger partial charge in [0.15, 0.2) is 0 Å². The summed E-state index contributed by atoms with van der Waals surface area (Å²) in [5, 5.41) is 4.81. The Morgan fingerprint density at radius 1 is 1.15 bits per heavy atom. The Morgan fingerprint density at radius 2 is 1.95 bits per heavy atom. The number of thiophene rings is 1. The number of nitrogens with zero attached hydrogens (tertiary/aromatic N) is 2. The van der Waals surface area contributed by atoms with E-state index in [1.165, 1.54) is 10.9 Å². The third-order valence-corrected chi connectivity index (χ3v) is 9.30. The van der Waals surface area contributed by atoms with Gasteiger partial charge in [0.2, 0.25) is 0 Å². The molecule has 0 unspecified atom stereocenters. The molecular weight excluding hydrogens is 533 g/mol. The summed E-state index contributed by atoms with van der Waals surface area (Å²) in [6.07, 6.45) is 8.36. The van der Waals surface area contributed by atoms with Crippen LogP contribution in [0.2, 0.25) is 0 Å². The Labute approximate surface area is 243 Å². The lowest BCUT2D eigenvalue weighted by Gasteiger charge is -2.33. The number of carbonyl (C=O) groups is 1. The van der Waals surface area contributed by atoms with Gasteiger partial charge >= 0.3 is 0 Å². The molecule has 5 aromatic rings. The largest absolute Gasteiger partial charge is 0.467 e. The van der Waals surface area contributed by atoms with Crippen molar-refractivity contribution in [2.75, 3.05) is 0 Å². The number of carbonyl (C=O) groups excluding carboxylic acids is 1. The van der Waals surface area contributed by atoms with Gasteiger partial charge in [-0.3, -0.25) is 4.79 Å². The van der Waals surface area contributed by atoms with Crippen LogP contribution in [0.15, 0.2) is 82.5 Å². The molecule has 0 saturated heterocycles. The highest BCUT2D eigenvalue weighted by Crippen LogP contribution is 2.45. The number of furan rings is 1. The number of nitrogens with one attached hydrogen (secondary N) is 1. The molecule has 0 aliphatic heterocycles. The van der Waals surface area contributed by atoms with E-state index in [2.05, 4.69) is 36.7 Å². The zero-order chi connectivity index (χ0) is 28.6. The quantitative estimate of drug-likeness (QED) is 0.201. The first-order valence-electron chi connectivity index (χ1n) is 14.1. The molecule has 1 aliphatic carbocycles. The highest BCUT2D eigenvalue weighted by atomic mass is 32.1. The molecule has 41 heavy (non-hydrogen) atoms.